The average Bonchev–Trinajstić information content (AvgIpc) is 2.57. The van der Waals surface area contributed by atoms with Crippen LogP contribution in [0.5, 0.6) is 5.75 Å². The molecule has 0 atom stereocenters. The Morgan fingerprint density at radius 2 is 1.57 bits per heavy atom. The van der Waals surface area contributed by atoms with Crippen LogP contribution >= 0.6 is 0 Å². The first-order valence-electron chi connectivity index (χ1n) is 7.57. The Balaban J connectivity index is 2.13. The first-order chi connectivity index (χ1) is 11.2. The van der Waals surface area contributed by atoms with Crippen molar-refractivity contribution >= 4 is 16.3 Å². The SMILES string of the molecule is C=C1Cc2ccccc2C(c2c(O)ccc3ccccc23)=C1O. The van der Waals surface area contributed by atoms with Gasteiger partial charge in [0.25, 0.3) is 0 Å². The Morgan fingerprint density at radius 1 is 0.826 bits per heavy atom. The number of rotatable bonds is 1. The Kier molecular flexibility index (Phi) is 2.98. The summed E-state index contributed by atoms with van der Waals surface area (Å²) in [4.78, 5) is 0. The van der Waals surface area contributed by atoms with Crippen LogP contribution in [0.1, 0.15) is 16.7 Å². The standard InChI is InChI=1S/C21H16O2/c1-13-12-15-7-3-5-9-17(15)20(21(13)23)19-16-8-4-2-6-14(16)10-11-18(19)22/h2-11,22-23H,1,12H2. The molecule has 0 aromatic heterocycles. The molecule has 1 aliphatic carbocycles. The molecular formula is C21H16O2. The molecule has 2 heteroatoms. The van der Waals surface area contributed by atoms with Crippen molar-refractivity contribution in [2.75, 3.05) is 0 Å². The van der Waals surface area contributed by atoms with Crippen LogP contribution in [0.3, 0.4) is 0 Å². The van der Waals surface area contributed by atoms with Gasteiger partial charge in [-0.2, -0.15) is 0 Å². The lowest BCUT2D eigenvalue weighted by Gasteiger charge is -2.23. The third-order valence-electron chi connectivity index (χ3n) is 4.42. The Bertz CT molecular complexity index is 980. The molecule has 0 saturated heterocycles. The second kappa shape index (κ2) is 5.03. The molecule has 0 spiro atoms. The highest BCUT2D eigenvalue weighted by Gasteiger charge is 2.25. The molecule has 1 aliphatic rings. The topological polar surface area (TPSA) is 40.5 Å². The highest BCUT2D eigenvalue weighted by Crippen LogP contribution is 2.43. The summed E-state index contributed by atoms with van der Waals surface area (Å²) in [6, 6.07) is 19.4. The van der Waals surface area contributed by atoms with Crippen molar-refractivity contribution < 1.29 is 10.2 Å². The lowest BCUT2D eigenvalue weighted by atomic mass is 9.82. The monoisotopic (exact) mass is 300 g/mol. The number of aromatic hydroxyl groups is 1. The molecule has 112 valence electrons. The quantitative estimate of drug-likeness (QED) is 0.665. The van der Waals surface area contributed by atoms with E-state index in [0.29, 0.717) is 23.1 Å². The lowest BCUT2D eigenvalue weighted by molar-refractivity contribution is 0.421. The molecule has 2 N–H and O–H groups in total. The van der Waals surface area contributed by atoms with Crippen LogP contribution in [0, 0.1) is 0 Å². The summed E-state index contributed by atoms with van der Waals surface area (Å²) >= 11 is 0. The number of allylic oxidation sites excluding steroid dienone is 1. The number of fused-ring (bicyclic) bond motifs is 2. The van der Waals surface area contributed by atoms with E-state index in [4.69, 9.17) is 0 Å². The van der Waals surface area contributed by atoms with E-state index < -0.39 is 0 Å². The normalized spacial score (nSPS) is 14.2. The van der Waals surface area contributed by atoms with Crippen molar-refractivity contribution in [3.63, 3.8) is 0 Å². The molecule has 0 unspecified atom stereocenters. The zero-order chi connectivity index (χ0) is 16.0. The van der Waals surface area contributed by atoms with Crippen LogP contribution in [-0.2, 0) is 6.42 Å². The zero-order valence-corrected chi connectivity index (χ0v) is 12.6. The molecule has 0 bridgehead atoms. The number of aliphatic hydroxyl groups excluding tert-OH is 1. The fourth-order valence-corrected chi connectivity index (χ4v) is 3.31. The van der Waals surface area contributed by atoms with E-state index >= 15 is 0 Å². The van der Waals surface area contributed by atoms with Crippen LogP contribution in [0.2, 0.25) is 0 Å². The van der Waals surface area contributed by atoms with Crippen molar-refractivity contribution in [2.45, 2.75) is 6.42 Å². The zero-order valence-electron chi connectivity index (χ0n) is 12.6. The van der Waals surface area contributed by atoms with Crippen LogP contribution in [0.15, 0.2) is 78.6 Å². The molecule has 0 heterocycles. The highest BCUT2D eigenvalue weighted by atomic mass is 16.3. The molecule has 0 amide bonds. The fraction of sp³-hybridized carbons (Fsp3) is 0.0476. The van der Waals surface area contributed by atoms with Crippen molar-refractivity contribution in [2.24, 2.45) is 0 Å². The molecule has 0 fully saturated rings. The number of phenols is 1. The molecule has 0 saturated carbocycles. The predicted octanol–water partition coefficient (Wildman–Crippen LogP) is 4.98. The fourth-order valence-electron chi connectivity index (χ4n) is 3.31. The second-order valence-electron chi connectivity index (χ2n) is 5.84. The van der Waals surface area contributed by atoms with Crippen molar-refractivity contribution in [1.29, 1.82) is 0 Å². The first-order valence-corrected chi connectivity index (χ1v) is 7.57. The summed E-state index contributed by atoms with van der Waals surface area (Å²) in [5.41, 5.74) is 4.05. The highest BCUT2D eigenvalue weighted by molar-refractivity contribution is 6.02. The summed E-state index contributed by atoms with van der Waals surface area (Å²) in [6.07, 6.45) is 0.622. The van der Waals surface area contributed by atoms with Gasteiger partial charge in [0.05, 0.1) is 0 Å². The van der Waals surface area contributed by atoms with Crippen molar-refractivity contribution in [1.82, 2.24) is 0 Å². The third kappa shape index (κ3) is 2.03. The maximum Gasteiger partial charge on any atom is 0.127 e. The summed E-state index contributed by atoms with van der Waals surface area (Å²) in [6.45, 7) is 3.99. The molecule has 0 radical (unpaired) electrons. The Hall–Kier alpha value is -3.00. The van der Waals surface area contributed by atoms with Gasteiger partial charge in [0.15, 0.2) is 0 Å². The van der Waals surface area contributed by atoms with Crippen molar-refractivity contribution in [3.05, 3.63) is 95.3 Å². The minimum atomic E-state index is 0.162. The molecule has 4 rings (SSSR count). The molecule has 3 aromatic rings. The second-order valence-corrected chi connectivity index (χ2v) is 5.84. The summed E-state index contributed by atoms with van der Waals surface area (Å²) in [5.74, 6) is 0.324. The lowest BCUT2D eigenvalue weighted by Crippen LogP contribution is -2.08. The largest absolute Gasteiger partial charge is 0.507 e. The van der Waals surface area contributed by atoms with E-state index in [9.17, 15) is 10.2 Å². The van der Waals surface area contributed by atoms with Gasteiger partial charge in [-0.3, -0.25) is 0 Å². The van der Waals surface area contributed by atoms with Crippen LogP contribution in [0.25, 0.3) is 16.3 Å². The van der Waals surface area contributed by atoms with Gasteiger partial charge in [0.1, 0.15) is 11.5 Å². The summed E-state index contributed by atoms with van der Waals surface area (Å²) < 4.78 is 0. The number of hydrogen-bond acceptors (Lipinski definition) is 2. The molecule has 3 aromatic carbocycles. The summed E-state index contributed by atoms with van der Waals surface area (Å²) in [7, 11) is 0. The Morgan fingerprint density at radius 3 is 2.43 bits per heavy atom. The third-order valence-corrected chi connectivity index (χ3v) is 4.42. The van der Waals surface area contributed by atoms with Gasteiger partial charge in [0, 0.05) is 17.6 Å². The van der Waals surface area contributed by atoms with E-state index in [2.05, 4.69) is 6.58 Å². The van der Waals surface area contributed by atoms with Crippen LogP contribution in [0.4, 0.5) is 0 Å². The van der Waals surface area contributed by atoms with E-state index in [1.54, 1.807) is 6.07 Å². The van der Waals surface area contributed by atoms with Gasteiger partial charge in [-0.1, -0.05) is 61.2 Å². The molecule has 23 heavy (non-hydrogen) atoms. The van der Waals surface area contributed by atoms with Gasteiger partial charge < -0.3 is 10.2 Å². The Labute approximate surface area is 134 Å². The summed E-state index contributed by atoms with van der Waals surface area (Å²) in [5, 5.41) is 23.1. The van der Waals surface area contributed by atoms with Crippen LogP contribution < -0.4 is 0 Å². The number of aliphatic hydroxyl groups is 1. The maximum absolute atomic E-state index is 10.7. The number of benzene rings is 3. The molecule has 2 nitrogen and oxygen atoms in total. The molecule has 0 aliphatic heterocycles. The van der Waals surface area contributed by atoms with Gasteiger partial charge in [-0.15, -0.1) is 0 Å². The number of phenolic OH excluding ortho intramolecular Hbond substituents is 1. The van der Waals surface area contributed by atoms with Gasteiger partial charge >= 0.3 is 0 Å². The minimum absolute atomic E-state index is 0.162. The van der Waals surface area contributed by atoms with E-state index in [1.807, 2.05) is 54.6 Å². The first kappa shape index (κ1) is 13.6. The van der Waals surface area contributed by atoms with Crippen LogP contribution in [-0.4, -0.2) is 10.2 Å². The van der Waals surface area contributed by atoms with Gasteiger partial charge in [0.2, 0.25) is 0 Å². The predicted molar refractivity (Wildman–Crippen MR) is 93.5 cm³/mol. The van der Waals surface area contributed by atoms with E-state index in [-0.39, 0.29) is 11.5 Å². The van der Waals surface area contributed by atoms with E-state index in [1.165, 1.54) is 0 Å². The van der Waals surface area contributed by atoms with Gasteiger partial charge in [-0.25, -0.2) is 0 Å². The molecular weight excluding hydrogens is 284 g/mol. The van der Waals surface area contributed by atoms with Gasteiger partial charge in [-0.05, 0) is 33.5 Å². The number of hydrogen-bond donors (Lipinski definition) is 2. The maximum atomic E-state index is 10.7. The minimum Gasteiger partial charge on any atom is -0.507 e. The average molecular weight is 300 g/mol. The van der Waals surface area contributed by atoms with Crippen molar-refractivity contribution in [3.8, 4) is 5.75 Å². The smallest absolute Gasteiger partial charge is 0.127 e. The van der Waals surface area contributed by atoms with E-state index in [0.717, 1.165) is 21.9 Å².